The highest BCUT2D eigenvalue weighted by Gasteiger charge is 2.57. The predicted octanol–water partition coefficient (Wildman–Crippen LogP) is 9.78. The summed E-state index contributed by atoms with van der Waals surface area (Å²) in [6.45, 7) is 16.2. The Balaban J connectivity index is 1.25. The van der Waals surface area contributed by atoms with E-state index in [0.29, 0.717) is 46.5 Å². The largest absolute Gasteiger partial charge is 0.493 e. The van der Waals surface area contributed by atoms with Crippen LogP contribution in [0.2, 0.25) is 0 Å². The number of carbonyl (C=O) groups is 1. The van der Waals surface area contributed by atoms with Crippen LogP contribution in [0.3, 0.4) is 0 Å². The van der Waals surface area contributed by atoms with Crippen molar-refractivity contribution in [1.29, 1.82) is 0 Å². The zero-order chi connectivity index (χ0) is 31.6. The molecule has 8 unspecified atom stereocenters. The minimum Gasteiger partial charge on any atom is -0.493 e. The van der Waals surface area contributed by atoms with Crippen molar-refractivity contribution in [2.45, 2.75) is 85.7 Å². The van der Waals surface area contributed by atoms with Gasteiger partial charge in [0.2, 0.25) is 0 Å². The summed E-state index contributed by atoms with van der Waals surface area (Å²) >= 11 is 0. The van der Waals surface area contributed by atoms with E-state index in [2.05, 4.69) is 71.6 Å². The molecule has 4 aliphatic rings. The van der Waals surface area contributed by atoms with Crippen molar-refractivity contribution < 1.29 is 19.0 Å². The SMILES string of the molecule is C=CC(C=CC(C)C1CCC2C3=CC=C4CC(OC(=O)C=Cc5ccc(OC)c(OC)c5)CCC4(C)C3CCC21C)C(C)C. The van der Waals surface area contributed by atoms with Crippen LogP contribution >= 0.6 is 0 Å². The maximum atomic E-state index is 12.8. The van der Waals surface area contributed by atoms with Crippen LogP contribution in [0.15, 0.2) is 72.4 Å². The van der Waals surface area contributed by atoms with Crippen molar-refractivity contribution in [2.75, 3.05) is 14.2 Å². The normalized spacial score (nSPS) is 32.7. The van der Waals surface area contributed by atoms with Crippen molar-refractivity contribution in [3.05, 3.63) is 77.9 Å². The van der Waals surface area contributed by atoms with Crippen LogP contribution in [-0.2, 0) is 9.53 Å². The molecule has 238 valence electrons. The highest BCUT2D eigenvalue weighted by atomic mass is 16.5. The van der Waals surface area contributed by atoms with Crippen LogP contribution in [0, 0.1) is 46.3 Å². The van der Waals surface area contributed by atoms with Crippen molar-refractivity contribution in [1.82, 2.24) is 0 Å². The lowest BCUT2D eigenvalue weighted by Gasteiger charge is -2.55. The average molecular weight is 599 g/mol. The number of esters is 1. The molecule has 0 amide bonds. The second kappa shape index (κ2) is 13.2. The third kappa shape index (κ3) is 6.11. The lowest BCUT2D eigenvalue weighted by molar-refractivity contribution is -0.144. The molecule has 4 nitrogen and oxygen atoms in total. The van der Waals surface area contributed by atoms with Gasteiger partial charge in [0.15, 0.2) is 11.5 Å². The molecule has 1 aromatic rings. The molecule has 0 heterocycles. The Bertz CT molecular complexity index is 1350. The van der Waals surface area contributed by atoms with Gasteiger partial charge in [0.25, 0.3) is 0 Å². The van der Waals surface area contributed by atoms with Gasteiger partial charge in [-0.15, -0.1) is 6.58 Å². The molecule has 0 spiro atoms. The van der Waals surface area contributed by atoms with Gasteiger partial charge in [-0.2, -0.15) is 0 Å². The smallest absolute Gasteiger partial charge is 0.331 e. The van der Waals surface area contributed by atoms with Crippen molar-refractivity contribution in [2.24, 2.45) is 46.3 Å². The molecule has 4 heteroatoms. The van der Waals surface area contributed by atoms with E-state index < -0.39 is 0 Å². The number of rotatable bonds is 10. The van der Waals surface area contributed by atoms with Gasteiger partial charge in [0.1, 0.15) is 6.10 Å². The topological polar surface area (TPSA) is 44.8 Å². The Kier molecular flexibility index (Phi) is 9.68. The third-order valence-electron chi connectivity index (χ3n) is 12.0. The summed E-state index contributed by atoms with van der Waals surface area (Å²) in [5.74, 6) is 4.64. The second-order valence-corrected chi connectivity index (χ2v) is 14.7. The highest BCUT2D eigenvalue weighted by molar-refractivity contribution is 5.87. The summed E-state index contributed by atoms with van der Waals surface area (Å²) in [5, 5.41) is 0. The van der Waals surface area contributed by atoms with Crippen LogP contribution in [0.5, 0.6) is 11.5 Å². The van der Waals surface area contributed by atoms with Crippen LogP contribution in [-0.4, -0.2) is 26.3 Å². The maximum Gasteiger partial charge on any atom is 0.331 e. The quantitative estimate of drug-likeness (QED) is 0.153. The summed E-state index contributed by atoms with van der Waals surface area (Å²) in [7, 11) is 3.22. The van der Waals surface area contributed by atoms with Gasteiger partial charge in [-0.25, -0.2) is 4.79 Å². The molecule has 0 bridgehead atoms. The van der Waals surface area contributed by atoms with Gasteiger partial charge in [-0.1, -0.05) is 82.2 Å². The molecule has 3 fully saturated rings. The number of benzene rings is 1. The fourth-order valence-corrected chi connectivity index (χ4v) is 9.31. The molecule has 0 aromatic heterocycles. The van der Waals surface area contributed by atoms with Crippen LogP contribution in [0.25, 0.3) is 6.08 Å². The Morgan fingerprint density at radius 3 is 2.43 bits per heavy atom. The van der Waals surface area contributed by atoms with Gasteiger partial charge in [-0.05, 0) is 109 Å². The van der Waals surface area contributed by atoms with Gasteiger partial charge < -0.3 is 14.2 Å². The number of allylic oxidation sites excluding steroid dienone is 6. The van der Waals surface area contributed by atoms with E-state index in [1.54, 1.807) is 25.9 Å². The van der Waals surface area contributed by atoms with Crippen LogP contribution < -0.4 is 9.47 Å². The van der Waals surface area contributed by atoms with Gasteiger partial charge in [0.05, 0.1) is 14.2 Å². The molecule has 0 aliphatic heterocycles. The van der Waals surface area contributed by atoms with Crippen molar-refractivity contribution in [3.63, 3.8) is 0 Å². The molecule has 1 aromatic carbocycles. The van der Waals surface area contributed by atoms with E-state index in [9.17, 15) is 4.79 Å². The van der Waals surface area contributed by atoms with Gasteiger partial charge >= 0.3 is 5.97 Å². The number of hydrogen-bond acceptors (Lipinski definition) is 4. The van der Waals surface area contributed by atoms with Crippen LogP contribution in [0.4, 0.5) is 0 Å². The highest BCUT2D eigenvalue weighted by Crippen LogP contribution is 2.66. The zero-order valence-electron chi connectivity index (χ0n) is 28.1. The Hall–Kier alpha value is -3.01. The van der Waals surface area contributed by atoms with E-state index >= 15 is 0 Å². The number of methoxy groups -OCH3 is 2. The minimum absolute atomic E-state index is 0.0746. The number of ether oxygens (including phenoxy) is 3. The van der Waals surface area contributed by atoms with E-state index in [4.69, 9.17) is 14.2 Å². The molecule has 5 rings (SSSR count). The third-order valence-corrected chi connectivity index (χ3v) is 12.0. The first-order valence-electron chi connectivity index (χ1n) is 16.9. The fraction of sp³-hybridized carbons (Fsp3) is 0.575. The van der Waals surface area contributed by atoms with E-state index in [0.717, 1.165) is 30.7 Å². The molecule has 4 aliphatic carbocycles. The number of hydrogen-bond donors (Lipinski definition) is 0. The first-order valence-corrected chi connectivity index (χ1v) is 16.9. The molecule has 0 radical (unpaired) electrons. The predicted molar refractivity (Wildman–Crippen MR) is 180 cm³/mol. The second-order valence-electron chi connectivity index (χ2n) is 14.7. The monoisotopic (exact) mass is 598 g/mol. The van der Waals surface area contributed by atoms with E-state index in [-0.39, 0.29) is 17.5 Å². The van der Waals surface area contributed by atoms with Crippen molar-refractivity contribution in [3.8, 4) is 11.5 Å². The molecule has 0 saturated heterocycles. The summed E-state index contributed by atoms with van der Waals surface area (Å²) in [6.07, 6.45) is 23.1. The summed E-state index contributed by atoms with van der Waals surface area (Å²) < 4.78 is 16.7. The molecular weight excluding hydrogens is 544 g/mol. The number of carbonyl (C=O) groups excluding carboxylic acids is 1. The Labute approximate surface area is 266 Å². The van der Waals surface area contributed by atoms with Gasteiger partial charge in [0, 0.05) is 12.5 Å². The molecule has 44 heavy (non-hydrogen) atoms. The summed E-state index contributed by atoms with van der Waals surface area (Å²) in [5.41, 5.74) is 4.58. The molecule has 0 N–H and O–H groups in total. The van der Waals surface area contributed by atoms with E-state index in [1.165, 1.54) is 37.3 Å². The lowest BCUT2D eigenvalue weighted by Crippen LogP contribution is -2.46. The maximum absolute atomic E-state index is 12.8. The molecule has 3 saturated carbocycles. The summed E-state index contributed by atoms with van der Waals surface area (Å²) in [4.78, 5) is 12.8. The molecular formula is C40H54O4. The lowest BCUT2D eigenvalue weighted by atomic mass is 9.50. The zero-order valence-corrected chi connectivity index (χ0v) is 28.1. The summed E-state index contributed by atoms with van der Waals surface area (Å²) in [6, 6.07) is 5.60. The molecule has 8 atom stereocenters. The minimum atomic E-state index is -0.289. The average Bonchev–Trinajstić information content (AvgIpc) is 3.37. The van der Waals surface area contributed by atoms with Crippen molar-refractivity contribution >= 4 is 12.0 Å². The van der Waals surface area contributed by atoms with Gasteiger partial charge in [-0.3, -0.25) is 0 Å². The first kappa shape index (κ1) is 32.4. The Morgan fingerprint density at radius 1 is 0.955 bits per heavy atom. The van der Waals surface area contributed by atoms with Crippen LogP contribution in [0.1, 0.15) is 85.1 Å². The Morgan fingerprint density at radius 2 is 1.73 bits per heavy atom. The number of fused-ring (bicyclic) bond motifs is 5. The van der Waals surface area contributed by atoms with E-state index in [1.807, 2.05) is 18.2 Å². The fourth-order valence-electron chi connectivity index (χ4n) is 9.31. The first-order chi connectivity index (χ1) is 21.0. The standard InChI is InChI=1S/C40H54O4/c1-9-29(26(2)3)13-10-27(4)33-16-17-34-32-15-14-30-25-31(20-22-39(30,5)35(32)21-23-40(33,34)6)44-38(41)19-12-28-11-18-36(42-7)37(24-28)43-8/h9-15,18-19,24,26-27,29,31,33-35H,1,16-17,20-23,25H2,2-8H3.